The summed E-state index contributed by atoms with van der Waals surface area (Å²) in [6.07, 6.45) is 4.52. The highest BCUT2D eigenvalue weighted by Crippen LogP contribution is 2.25. The minimum absolute atomic E-state index is 0.130. The molecule has 6 heteroatoms. The summed E-state index contributed by atoms with van der Waals surface area (Å²) in [5.74, 6) is 0.327. The highest BCUT2D eigenvalue weighted by atomic mass is 16.5. The first-order valence-electron chi connectivity index (χ1n) is 11.0. The number of carbonyl (C=O) groups excluding carboxylic acids is 1. The van der Waals surface area contributed by atoms with Crippen LogP contribution in [0.1, 0.15) is 31.4 Å². The third-order valence-electron chi connectivity index (χ3n) is 6.48. The number of para-hydroxylation sites is 1. The maximum Gasteiger partial charge on any atom is 0.224 e. The van der Waals surface area contributed by atoms with E-state index in [2.05, 4.69) is 50.4 Å². The van der Waals surface area contributed by atoms with Gasteiger partial charge in [0.15, 0.2) is 0 Å². The molecule has 2 aliphatic heterocycles. The van der Waals surface area contributed by atoms with Crippen LogP contribution in [-0.2, 0) is 16.1 Å². The first-order valence-corrected chi connectivity index (χ1v) is 11.0. The second-order valence-electron chi connectivity index (χ2n) is 8.51. The summed E-state index contributed by atoms with van der Waals surface area (Å²) in [5, 5.41) is 4.31. The molecule has 0 unspecified atom stereocenters. The van der Waals surface area contributed by atoms with Crippen LogP contribution in [0, 0.1) is 5.92 Å². The zero-order valence-electron chi connectivity index (χ0n) is 17.5. The molecule has 158 valence electrons. The number of amides is 1. The van der Waals surface area contributed by atoms with Gasteiger partial charge >= 0.3 is 0 Å². The van der Waals surface area contributed by atoms with Crippen molar-refractivity contribution in [2.75, 3.05) is 46.4 Å². The van der Waals surface area contributed by atoms with Gasteiger partial charge in [-0.3, -0.25) is 14.6 Å². The van der Waals surface area contributed by atoms with E-state index in [4.69, 9.17) is 4.74 Å². The number of nitrogens with zero attached hydrogens (tertiary/aromatic N) is 2. The lowest BCUT2D eigenvalue weighted by Gasteiger charge is -2.42. The predicted molar refractivity (Wildman–Crippen MR) is 116 cm³/mol. The Kier molecular flexibility index (Phi) is 6.85. The fraction of sp³-hybridized carbons (Fsp3) is 0.609. The van der Waals surface area contributed by atoms with E-state index in [-0.39, 0.29) is 11.8 Å². The molecule has 3 heterocycles. The van der Waals surface area contributed by atoms with Gasteiger partial charge in [0.05, 0.1) is 12.5 Å². The van der Waals surface area contributed by atoms with Crippen molar-refractivity contribution < 1.29 is 9.53 Å². The minimum Gasteiger partial charge on any atom is -0.383 e. The van der Waals surface area contributed by atoms with E-state index in [0.717, 1.165) is 45.6 Å². The van der Waals surface area contributed by atoms with Crippen molar-refractivity contribution in [2.45, 2.75) is 38.3 Å². The Morgan fingerprint density at radius 1 is 1.21 bits per heavy atom. The Hall–Kier alpha value is -1.89. The van der Waals surface area contributed by atoms with Gasteiger partial charge in [-0.2, -0.15) is 0 Å². The minimum atomic E-state index is 0.130. The average Bonchev–Trinajstić information content (AvgIpc) is 3.17. The molecule has 1 aromatic heterocycles. The molecular weight excluding hydrogens is 364 g/mol. The van der Waals surface area contributed by atoms with Crippen LogP contribution in [0.4, 0.5) is 0 Å². The van der Waals surface area contributed by atoms with Crippen LogP contribution in [-0.4, -0.2) is 73.2 Å². The molecule has 0 bridgehead atoms. The van der Waals surface area contributed by atoms with E-state index >= 15 is 0 Å². The lowest BCUT2D eigenvalue weighted by molar-refractivity contribution is -0.127. The molecular formula is C23H34N4O2. The highest BCUT2D eigenvalue weighted by Gasteiger charge is 2.31. The van der Waals surface area contributed by atoms with E-state index < -0.39 is 0 Å². The van der Waals surface area contributed by atoms with Gasteiger partial charge in [0.2, 0.25) is 5.91 Å². The van der Waals surface area contributed by atoms with Gasteiger partial charge in [0.1, 0.15) is 0 Å². The SMILES string of the molecule is COCCNC(=O)[C@@H]1CCCN(C2CCN(Cc3cc4ccccc4[nH]3)CC2)C1. The third-order valence-corrected chi connectivity index (χ3v) is 6.48. The van der Waals surface area contributed by atoms with Crippen molar-refractivity contribution >= 4 is 16.8 Å². The van der Waals surface area contributed by atoms with Crippen molar-refractivity contribution in [3.05, 3.63) is 36.0 Å². The molecule has 6 nitrogen and oxygen atoms in total. The Morgan fingerprint density at radius 3 is 2.83 bits per heavy atom. The maximum absolute atomic E-state index is 12.4. The lowest BCUT2D eigenvalue weighted by atomic mass is 9.93. The van der Waals surface area contributed by atoms with Crippen LogP contribution < -0.4 is 5.32 Å². The van der Waals surface area contributed by atoms with E-state index in [9.17, 15) is 4.79 Å². The van der Waals surface area contributed by atoms with Crippen LogP contribution >= 0.6 is 0 Å². The van der Waals surface area contributed by atoms with Gasteiger partial charge in [-0.1, -0.05) is 18.2 Å². The van der Waals surface area contributed by atoms with Gasteiger partial charge in [-0.25, -0.2) is 0 Å². The number of methoxy groups -OCH3 is 1. The summed E-state index contributed by atoms with van der Waals surface area (Å²) >= 11 is 0. The predicted octanol–water partition coefficient (Wildman–Crippen LogP) is 2.61. The van der Waals surface area contributed by atoms with Crippen molar-refractivity contribution in [1.29, 1.82) is 0 Å². The van der Waals surface area contributed by atoms with E-state index in [1.807, 2.05) is 0 Å². The van der Waals surface area contributed by atoms with Gasteiger partial charge in [0, 0.05) is 57.1 Å². The maximum atomic E-state index is 12.4. The summed E-state index contributed by atoms with van der Waals surface area (Å²) in [6.45, 7) is 6.48. The Bertz CT molecular complexity index is 764. The van der Waals surface area contributed by atoms with Crippen LogP contribution in [0.15, 0.2) is 30.3 Å². The largest absolute Gasteiger partial charge is 0.383 e. The Balaban J connectivity index is 1.25. The number of likely N-dealkylation sites (tertiary alicyclic amines) is 2. The zero-order valence-corrected chi connectivity index (χ0v) is 17.5. The molecule has 2 N–H and O–H groups in total. The number of rotatable bonds is 7. The summed E-state index contributed by atoms with van der Waals surface area (Å²) in [7, 11) is 1.67. The second kappa shape index (κ2) is 9.74. The number of piperidine rings is 2. The fourth-order valence-electron chi connectivity index (χ4n) is 4.87. The number of carbonyl (C=O) groups is 1. The van der Waals surface area contributed by atoms with E-state index in [1.54, 1.807) is 7.11 Å². The number of benzene rings is 1. The topological polar surface area (TPSA) is 60.6 Å². The van der Waals surface area contributed by atoms with Crippen molar-refractivity contribution in [1.82, 2.24) is 20.1 Å². The molecule has 1 atom stereocenters. The average molecular weight is 399 g/mol. The van der Waals surface area contributed by atoms with Crippen molar-refractivity contribution in [3.63, 3.8) is 0 Å². The standard InChI is InChI=1S/C23H34N4O2/c1-29-14-10-24-23(28)19-6-4-11-27(16-19)21-8-12-26(13-9-21)17-20-15-18-5-2-3-7-22(18)25-20/h2-3,5,7,15,19,21,25H,4,6,8-14,16-17H2,1H3,(H,24,28)/t19-/m1/s1. The van der Waals surface area contributed by atoms with Crippen molar-refractivity contribution in [3.8, 4) is 0 Å². The van der Waals surface area contributed by atoms with Crippen LogP contribution in [0.25, 0.3) is 10.9 Å². The summed E-state index contributed by atoms with van der Waals surface area (Å²) < 4.78 is 5.03. The molecule has 29 heavy (non-hydrogen) atoms. The van der Waals surface area contributed by atoms with Gasteiger partial charge in [-0.05, 0) is 49.7 Å². The van der Waals surface area contributed by atoms with Gasteiger partial charge < -0.3 is 15.0 Å². The molecule has 2 fully saturated rings. The molecule has 0 aliphatic carbocycles. The molecule has 2 aliphatic rings. The summed E-state index contributed by atoms with van der Waals surface area (Å²) in [6, 6.07) is 11.4. The monoisotopic (exact) mass is 398 g/mol. The lowest BCUT2D eigenvalue weighted by Crippen LogP contribution is -2.50. The Morgan fingerprint density at radius 2 is 2.03 bits per heavy atom. The van der Waals surface area contributed by atoms with Gasteiger partial charge in [0.25, 0.3) is 0 Å². The van der Waals surface area contributed by atoms with E-state index in [1.165, 1.54) is 29.4 Å². The van der Waals surface area contributed by atoms with Crippen LogP contribution in [0.3, 0.4) is 0 Å². The number of hydrogen-bond acceptors (Lipinski definition) is 4. The molecule has 2 aromatic rings. The number of ether oxygens (including phenoxy) is 1. The smallest absolute Gasteiger partial charge is 0.224 e. The fourth-order valence-corrected chi connectivity index (χ4v) is 4.87. The number of nitrogens with one attached hydrogen (secondary N) is 2. The Labute approximate surface area is 173 Å². The van der Waals surface area contributed by atoms with Crippen LogP contribution in [0.2, 0.25) is 0 Å². The summed E-state index contributed by atoms with van der Waals surface area (Å²) in [5.41, 5.74) is 2.52. The number of hydrogen-bond donors (Lipinski definition) is 2. The highest BCUT2D eigenvalue weighted by molar-refractivity contribution is 5.80. The first kappa shape index (κ1) is 20.4. The second-order valence-corrected chi connectivity index (χ2v) is 8.51. The molecule has 0 saturated carbocycles. The molecule has 1 aromatic carbocycles. The molecule has 4 rings (SSSR count). The normalized spacial score (nSPS) is 22.2. The first-order chi connectivity index (χ1) is 14.2. The van der Waals surface area contributed by atoms with Gasteiger partial charge in [-0.15, -0.1) is 0 Å². The summed E-state index contributed by atoms with van der Waals surface area (Å²) in [4.78, 5) is 21.1. The number of aromatic amines is 1. The molecule has 2 saturated heterocycles. The van der Waals surface area contributed by atoms with Crippen molar-refractivity contribution in [2.24, 2.45) is 5.92 Å². The molecule has 0 spiro atoms. The van der Waals surface area contributed by atoms with E-state index in [0.29, 0.717) is 19.2 Å². The molecule has 0 radical (unpaired) electrons. The third kappa shape index (κ3) is 5.18. The number of aromatic nitrogens is 1. The van der Waals surface area contributed by atoms with Crippen LogP contribution in [0.5, 0.6) is 0 Å². The number of H-pyrrole nitrogens is 1. The quantitative estimate of drug-likeness (QED) is 0.704. The number of fused-ring (bicyclic) bond motifs is 1. The zero-order chi connectivity index (χ0) is 20.1. The molecule has 1 amide bonds.